The number of hydrogen-bond donors (Lipinski definition) is 0. The third-order valence-corrected chi connectivity index (χ3v) is 3.69. The van der Waals surface area contributed by atoms with Crippen molar-refractivity contribution in [1.82, 2.24) is 9.80 Å². The van der Waals surface area contributed by atoms with Crippen LogP contribution in [0.25, 0.3) is 0 Å². The Hall–Kier alpha value is -1.16. The maximum Gasteiger partial charge on any atom is 0.195 e. The Morgan fingerprint density at radius 2 is 1.63 bits per heavy atom. The van der Waals surface area contributed by atoms with Crippen molar-refractivity contribution in [2.45, 2.75) is 12.7 Å². The molecule has 1 aromatic carbocycles. The van der Waals surface area contributed by atoms with Gasteiger partial charge in [-0.3, -0.25) is 4.99 Å². The number of thioether (sulfide) groups is 1. The SMILES string of the molecule is Cc1ccc(CSCCN=C(N(C)C)N(C)C)cc1. The van der Waals surface area contributed by atoms with Gasteiger partial charge in [-0.15, -0.1) is 0 Å². The van der Waals surface area contributed by atoms with Crippen LogP contribution in [0.4, 0.5) is 0 Å². The van der Waals surface area contributed by atoms with Crippen LogP contribution < -0.4 is 0 Å². The first-order valence-corrected chi connectivity index (χ1v) is 7.68. The van der Waals surface area contributed by atoms with Gasteiger partial charge in [0.2, 0.25) is 0 Å². The highest BCUT2D eigenvalue weighted by atomic mass is 32.2. The molecule has 0 saturated heterocycles. The van der Waals surface area contributed by atoms with E-state index < -0.39 is 0 Å². The van der Waals surface area contributed by atoms with E-state index in [2.05, 4.69) is 36.2 Å². The van der Waals surface area contributed by atoms with Crippen molar-refractivity contribution >= 4 is 17.7 Å². The summed E-state index contributed by atoms with van der Waals surface area (Å²) in [4.78, 5) is 8.71. The Morgan fingerprint density at radius 1 is 1.05 bits per heavy atom. The molecule has 0 aliphatic heterocycles. The van der Waals surface area contributed by atoms with E-state index in [1.165, 1.54) is 11.1 Å². The molecule has 0 atom stereocenters. The van der Waals surface area contributed by atoms with Crippen LogP contribution in [0.3, 0.4) is 0 Å². The molecule has 0 aliphatic rings. The molecule has 4 heteroatoms. The molecule has 1 aromatic rings. The Labute approximate surface area is 121 Å². The molecular weight excluding hydrogens is 254 g/mol. The van der Waals surface area contributed by atoms with E-state index >= 15 is 0 Å². The fourth-order valence-corrected chi connectivity index (χ4v) is 2.56. The van der Waals surface area contributed by atoms with E-state index in [4.69, 9.17) is 0 Å². The fraction of sp³-hybridized carbons (Fsp3) is 0.533. The summed E-state index contributed by atoms with van der Waals surface area (Å²) in [5.74, 6) is 3.14. The first-order valence-electron chi connectivity index (χ1n) is 6.53. The van der Waals surface area contributed by atoms with E-state index in [1.54, 1.807) is 0 Å². The Kier molecular flexibility index (Phi) is 6.78. The molecule has 0 saturated carbocycles. The van der Waals surface area contributed by atoms with Crippen molar-refractivity contribution < 1.29 is 0 Å². The quantitative estimate of drug-likeness (QED) is 0.469. The normalized spacial score (nSPS) is 10.2. The molecule has 19 heavy (non-hydrogen) atoms. The summed E-state index contributed by atoms with van der Waals surface area (Å²) in [7, 11) is 8.10. The largest absolute Gasteiger partial charge is 0.349 e. The van der Waals surface area contributed by atoms with Gasteiger partial charge >= 0.3 is 0 Å². The van der Waals surface area contributed by atoms with Gasteiger partial charge < -0.3 is 9.80 Å². The van der Waals surface area contributed by atoms with Gasteiger partial charge in [0.05, 0.1) is 6.54 Å². The molecule has 0 aliphatic carbocycles. The number of nitrogens with zero attached hydrogens (tertiary/aromatic N) is 3. The van der Waals surface area contributed by atoms with Crippen molar-refractivity contribution in [3.8, 4) is 0 Å². The summed E-state index contributed by atoms with van der Waals surface area (Å²) in [5, 5.41) is 0. The molecule has 0 aromatic heterocycles. The summed E-state index contributed by atoms with van der Waals surface area (Å²) in [6, 6.07) is 8.75. The van der Waals surface area contributed by atoms with Crippen LogP contribution in [0, 0.1) is 6.92 Å². The Bertz CT molecular complexity index is 386. The lowest BCUT2D eigenvalue weighted by atomic mass is 10.2. The van der Waals surface area contributed by atoms with Crippen molar-refractivity contribution in [2.24, 2.45) is 4.99 Å². The van der Waals surface area contributed by atoms with Crippen molar-refractivity contribution in [1.29, 1.82) is 0 Å². The average molecular weight is 279 g/mol. The predicted octanol–water partition coefficient (Wildman–Crippen LogP) is 2.71. The van der Waals surface area contributed by atoms with Gasteiger partial charge in [0.25, 0.3) is 0 Å². The molecule has 0 unspecified atom stereocenters. The first kappa shape index (κ1) is 15.9. The number of hydrogen-bond acceptors (Lipinski definition) is 2. The molecule has 0 spiro atoms. The molecule has 106 valence electrons. The minimum atomic E-state index is 0.863. The summed E-state index contributed by atoms with van der Waals surface area (Å²) in [6.45, 7) is 2.98. The van der Waals surface area contributed by atoms with Gasteiger partial charge in [-0.25, -0.2) is 0 Å². The lowest BCUT2D eigenvalue weighted by molar-refractivity contribution is 0.480. The second-order valence-electron chi connectivity index (χ2n) is 5.01. The molecule has 0 amide bonds. The van der Waals surface area contributed by atoms with Crippen LogP contribution in [0.1, 0.15) is 11.1 Å². The molecule has 0 radical (unpaired) electrons. The smallest absolute Gasteiger partial charge is 0.195 e. The minimum absolute atomic E-state index is 0.863. The highest BCUT2D eigenvalue weighted by Gasteiger charge is 2.02. The third kappa shape index (κ3) is 6.01. The molecular formula is C15H25N3S. The van der Waals surface area contributed by atoms with Gasteiger partial charge in [0, 0.05) is 39.7 Å². The molecule has 0 fully saturated rings. The van der Waals surface area contributed by atoms with Crippen LogP contribution in [0.5, 0.6) is 0 Å². The summed E-state index contributed by atoms with van der Waals surface area (Å²) in [5.41, 5.74) is 2.71. The zero-order chi connectivity index (χ0) is 14.3. The molecule has 1 rings (SSSR count). The van der Waals surface area contributed by atoms with Crippen LogP contribution in [-0.4, -0.2) is 56.2 Å². The van der Waals surface area contributed by atoms with E-state index in [0.29, 0.717) is 0 Å². The molecule has 0 bridgehead atoms. The van der Waals surface area contributed by atoms with E-state index in [0.717, 1.165) is 24.0 Å². The van der Waals surface area contributed by atoms with Gasteiger partial charge in [-0.2, -0.15) is 11.8 Å². The summed E-state index contributed by atoms with van der Waals surface area (Å²) in [6.07, 6.45) is 0. The van der Waals surface area contributed by atoms with Gasteiger partial charge in [0.15, 0.2) is 5.96 Å². The zero-order valence-corrected chi connectivity index (χ0v) is 13.5. The third-order valence-electron chi connectivity index (χ3n) is 2.68. The molecule has 3 nitrogen and oxygen atoms in total. The second-order valence-corrected chi connectivity index (χ2v) is 6.11. The number of aryl methyl sites for hydroxylation is 1. The van der Waals surface area contributed by atoms with Crippen LogP contribution >= 0.6 is 11.8 Å². The van der Waals surface area contributed by atoms with Crippen molar-refractivity contribution in [3.63, 3.8) is 0 Å². The molecule has 0 heterocycles. The maximum absolute atomic E-state index is 4.62. The predicted molar refractivity (Wildman–Crippen MR) is 87.0 cm³/mol. The van der Waals surface area contributed by atoms with E-state index in [1.807, 2.05) is 49.8 Å². The van der Waals surface area contributed by atoms with Gasteiger partial charge in [0.1, 0.15) is 0 Å². The van der Waals surface area contributed by atoms with Gasteiger partial charge in [-0.1, -0.05) is 29.8 Å². The monoisotopic (exact) mass is 279 g/mol. The standard InChI is InChI=1S/C15H25N3S/c1-13-6-8-14(9-7-13)12-19-11-10-16-15(17(2)3)18(4)5/h6-9H,10-12H2,1-5H3. The average Bonchev–Trinajstić information content (AvgIpc) is 2.34. The Morgan fingerprint density at radius 3 is 2.16 bits per heavy atom. The van der Waals surface area contributed by atoms with E-state index in [-0.39, 0.29) is 0 Å². The van der Waals surface area contributed by atoms with Crippen LogP contribution in [-0.2, 0) is 5.75 Å². The summed E-state index contributed by atoms with van der Waals surface area (Å²) < 4.78 is 0. The highest BCUT2D eigenvalue weighted by molar-refractivity contribution is 7.98. The van der Waals surface area contributed by atoms with E-state index in [9.17, 15) is 0 Å². The highest BCUT2D eigenvalue weighted by Crippen LogP contribution is 2.12. The lowest BCUT2D eigenvalue weighted by Gasteiger charge is -2.22. The lowest BCUT2D eigenvalue weighted by Crippen LogP contribution is -2.35. The number of rotatable bonds is 5. The topological polar surface area (TPSA) is 18.8 Å². The summed E-state index contributed by atoms with van der Waals surface area (Å²) >= 11 is 1.93. The number of aliphatic imine (C=N–C) groups is 1. The molecule has 0 N–H and O–H groups in total. The van der Waals surface area contributed by atoms with Crippen molar-refractivity contribution in [2.75, 3.05) is 40.5 Å². The maximum atomic E-state index is 4.62. The zero-order valence-electron chi connectivity index (χ0n) is 12.7. The number of benzene rings is 1. The van der Waals surface area contributed by atoms with Crippen molar-refractivity contribution in [3.05, 3.63) is 35.4 Å². The van der Waals surface area contributed by atoms with Gasteiger partial charge in [-0.05, 0) is 12.5 Å². The first-order chi connectivity index (χ1) is 9.00. The second kappa shape index (κ2) is 8.10. The Balaban J connectivity index is 2.30. The minimum Gasteiger partial charge on any atom is -0.349 e. The fourth-order valence-electron chi connectivity index (χ4n) is 1.77. The van der Waals surface area contributed by atoms with Crippen LogP contribution in [0.15, 0.2) is 29.3 Å². The van der Waals surface area contributed by atoms with Crippen LogP contribution in [0.2, 0.25) is 0 Å². The number of guanidine groups is 1.